The predicted octanol–water partition coefficient (Wildman–Crippen LogP) is 3.07. The molecule has 128 valence electrons. The van der Waals surface area contributed by atoms with Gasteiger partial charge in [0.25, 0.3) is 5.91 Å². The fourth-order valence-corrected chi connectivity index (χ4v) is 2.67. The van der Waals surface area contributed by atoms with Gasteiger partial charge in [-0.3, -0.25) is 9.48 Å². The third kappa shape index (κ3) is 3.94. The molecule has 0 atom stereocenters. The Morgan fingerprint density at radius 2 is 1.76 bits per heavy atom. The molecule has 0 unspecified atom stereocenters. The zero-order valence-electron chi connectivity index (χ0n) is 14.8. The van der Waals surface area contributed by atoms with Crippen molar-refractivity contribution in [1.82, 2.24) is 20.1 Å². The summed E-state index contributed by atoms with van der Waals surface area (Å²) in [5.74, 6) is 0.777. The molecule has 0 saturated heterocycles. The molecule has 1 heterocycles. The van der Waals surface area contributed by atoms with Gasteiger partial charge in [-0.25, -0.2) is 4.98 Å². The monoisotopic (exact) mass is 334 g/mol. The quantitative estimate of drug-likeness (QED) is 0.780. The Morgan fingerprint density at radius 3 is 2.40 bits per heavy atom. The number of nitrogens with zero attached hydrogens (tertiary/aromatic N) is 3. The van der Waals surface area contributed by atoms with Crippen LogP contribution in [0.3, 0.4) is 0 Å². The van der Waals surface area contributed by atoms with Crippen molar-refractivity contribution in [3.05, 3.63) is 71.3 Å². The molecule has 1 aromatic heterocycles. The van der Waals surface area contributed by atoms with Gasteiger partial charge in [0, 0.05) is 25.6 Å². The molecule has 0 aliphatic heterocycles. The van der Waals surface area contributed by atoms with Gasteiger partial charge in [-0.05, 0) is 48.2 Å². The Labute approximate surface area is 147 Å². The summed E-state index contributed by atoms with van der Waals surface area (Å²) in [6.45, 7) is 4.75. The molecule has 5 heteroatoms. The van der Waals surface area contributed by atoms with Crippen LogP contribution in [0.4, 0.5) is 0 Å². The number of hydrogen-bond donors (Lipinski definition) is 1. The van der Waals surface area contributed by atoms with Crippen molar-refractivity contribution in [2.75, 3.05) is 6.54 Å². The molecule has 25 heavy (non-hydrogen) atoms. The lowest BCUT2D eigenvalue weighted by atomic mass is 9.99. The standard InChI is InChI=1S/C20H22N4O/c1-14-4-5-18(12-15(14)2)16-6-8-17(9-7-16)20(25)21-11-10-19-22-13-23-24(19)3/h4-9,12-13H,10-11H2,1-3H3,(H,21,25). The van der Waals surface area contributed by atoms with Crippen molar-refractivity contribution in [3.8, 4) is 11.1 Å². The van der Waals surface area contributed by atoms with Crippen molar-refractivity contribution in [3.63, 3.8) is 0 Å². The Kier molecular flexibility index (Phi) is 4.93. The molecule has 0 spiro atoms. The molecule has 0 bridgehead atoms. The van der Waals surface area contributed by atoms with E-state index < -0.39 is 0 Å². The molecule has 1 N–H and O–H groups in total. The first-order valence-electron chi connectivity index (χ1n) is 8.33. The number of carbonyl (C=O) groups is 1. The second kappa shape index (κ2) is 7.30. The largest absolute Gasteiger partial charge is 0.352 e. The van der Waals surface area contributed by atoms with Crippen LogP contribution in [0.25, 0.3) is 11.1 Å². The number of rotatable bonds is 5. The first-order chi connectivity index (χ1) is 12.0. The predicted molar refractivity (Wildman–Crippen MR) is 98.4 cm³/mol. The average molecular weight is 334 g/mol. The summed E-state index contributed by atoms with van der Waals surface area (Å²) in [5, 5.41) is 6.94. The molecule has 3 aromatic rings. The van der Waals surface area contributed by atoms with Gasteiger partial charge in [-0.1, -0.05) is 30.3 Å². The first-order valence-corrected chi connectivity index (χ1v) is 8.33. The van der Waals surface area contributed by atoms with Crippen LogP contribution in [0.2, 0.25) is 0 Å². The Morgan fingerprint density at radius 1 is 1.04 bits per heavy atom. The van der Waals surface area contributed by atoms with E-state index in [1.165, 1.54) is 17.5 Å². The number of hydrogen-bond acceptors (Lipinski definition) is 3. The summed E-state index contributed by atoms with van der Waals surface area (Å²) in [6.07, 6.45) is 2.17. The number of amides is 1. The van der Waals surface area contributed by atoms with E-state index in [4.69, 9.17) is 0 Å². The van der Waals surface area contributed by atoms with E-state index >= 15 is 0 Å². The number of carbonyl (C=O) groups excluding carboxylic acids is 1. The SMILES string of the molecule is Cc1ccc(-c2ccc(C(=O)NCCc3ncnn3C)cc2)cc1C. The summed E-state index contributed by atoms with van der Waals surface area (Å²) >= 11 is 0. The second-order valence-corrected chi connectivity index (χ2v) is 6.18. The zero-order chi connectivity index (χ0) is 17.8. The lowest BCUT2D eigenvalue weighted by Crippen LogP contribution is -2.26. The maximum Gasteiger partial charge on any atom is 0.251 e. The lowest BCUT2D eigenvalue weighted by molar-refractivity contribution is 0.0954. The van der Waals surface area contributed by atoms with Crippen molar-refractivity contribution >= 4 is 5.91 Å². The molecule has 2 aromatic carbocycles. The molecule has 0 aliphatic rings. The maximum atomic E-state index is 12.3. The molecule has 0 saturated carbocycles. The van der Waals surface area contributed by atoms with Crippen molar-refractivity contribution < 1.29 is 4.79 Å². The molecule has 0 radical (unpaired) electrons. The van der Waals surface area contributed by atoms with Gasteiger partial charge < -0.3 is 5.32 Å². The minimum Gasteiger partial charge on any atom is -0.352 e. The molecule has 0 fully saturated rings. The van der Waals surface area contributed by atoms with Gasteiger partial charge in [0.05, 0.1) is 0 Å². The second-order valence-electron chi connectivity index (χ2n) is 6.18. The maximum absolute atomic E-state index is 12.3. The van der Waals surface area contributed by atoms with Gasteiger partial charge in [0.2, 0.25) is 0 Å². The summed E-state index contributed by atoms with van der Waals surface area (Å²) < 4.78 is 1.71. The lowest BCUT2D eigenvalue weighted by Gasteiger charge is -2.08. The van der Waals surface area contributed by atoms with Crippen LogP contribution >= 0.6 is 0 Å². The third-order valence-electron chi connectivity index (χ3n) is 4.43. The average Bonchev–Trinajstić information content (AvgIpc) is 3.02. The Bertz CT molecular complexity index is 881. The number of aromatic nitrogens is 3. The minimum atomic E-state index is -0.0752. The van der Waals surface area contributed by atoms with Crippen molar-refractivity contribution in [2.45, 2.75) is 20.3 Å². The van der Waals surface area contributed by atoms with E-state index in [1.807, 2.05) is 31.3 Å². The minimum absolute atomic E-state index is 0.0752. The Balaban J connectivity index is 1.62. The normalized spacial score (nSPS) is 10.7. The van der Waals surface area contributed by atoms with E-state index in [9.17, 15) is 4.79 Å². The highest BCUT2D eigenvalue weighted by atomic mass is 16.1. The number of benzene rings is 2. The van der Waals surface area contributed by atoms with E-state index in [0.29, 0.717) is 18.5 Å². The first kappa shape index (κ1) is 16.9. The van der Waals surface area contributed by atoms with Crippen LogP contribution < -0.4 is 5.32 Å². The van der Waals surface area contributed by atoms with Crippen molar-refractivity contribution in [1.29, 1.82) is 0 Å². The van der Waals surface area contributed by atoms with Crippen LogP contribution in [0.15, 0.2) is 48.8 Å². The Hall–Kier alpha value is -2.95. The van der Waals surface area contributed by atoms with Crippen LogP contribution in [0.1, 0.15) is 27.3 Å². The summed E-state index contributed by atoms with van der Waals surface area (Å²) in [6, 6.07) is 14.1. The van der Waals surface area contributed by atoms with Crippen molar-refractivity contribution in [2.24, 2.45) is 7.05 Å². The summed E-state index contributed by atoms with van der Waals surface area (Å²) in [5.41, 5.74) is 5.48. The molecule has 0 aliphatic carbocycles. The molecular weight excluding hydrogens is 312 g/mol. The third-order valence-corrected chi connectivity index (χ3v) is 4.43. The topological polar surface area (TPSA) is 59.8 Å². The highest BCUT2D eigenvalue weighted by molar-refractivity contribution is 5.94. The van der Waals surface area contributed by atoms with Gasteiger partial charge >= 0.3 is 0 Å². The van der Waals surface area contributed by atoms with E-state index in [1.54, 1.807) is 4.68 Å². The summed E-state index contributed by atoms with van der Waals surface area (Å²) in [4.78, 5) is 16.4. The number of aryl methyl sites for hydroxylation is 3. The molecule has 3 rings (SSSR count). The molecular formula is C20H22N4O. The van der Waals surface area contributed by atoms with E-state index in [-0.39, 0.29) is 5.91 Å². The highest BCUT2D eigenvalue weighted by Gasteiger charge is 2.07. The van der Waals surface area contributed by atoms with Crippen LogP contribution in [-0.2, 0) is 13.5 Å². The van der Waals surface area contributed by atoms with E-state index in [0.717, 1.165) is 17.0 Å². The summed E-state index contributed by atoms with van der Waals surface area (Å²) in [7, 11) is 1.84. The molecule has 5 nitrogen and oxygen atoms in total. The fraction of sp³-hybridized carbons (Fsp3) is 0.250. The highest BCUT2D eigenvalue weighted by Crippen LogP contribution is 2.22. The van der Waals surface area contributed by atoms with Gasteiger partial charge in [-0.15, -0.1) is 0 Å². The van der Waals surface area contributed by atoms with Crippen LogP contribution in [-0.4, -0.2) is 27.2 Å². The molecule has 1 amide bonds. The van der Waals surface area contributed by atoms with Gasteiger partial charge in [0.15, 0.2) is 0 Å². The van der Waals surface area contributed by atoms with E-state index in [2.05, 4.69) is 47.4 Å². The van der Waals surface area contributed by atoms with Gasteiger partial charge in [0.1, 0.15) is 12.2 Å². The fourth-order valence-electron chi connectivity index (χ4n) is 2.67. The van der Waals surface area contributed by atoms with Crippen LogP contribution in [0, 0.1) is 13.8 Å². The number of nitrogens with one attached hydrogen (secondary N) is 1. The zero-order valence-corrected chi connectivity index (χ0v) is 14.8. The van der Waals surface area contributed by atoms with Crippen LogP contribution in [0.5, 0.6) is 0 Å². The smallest absolute Gasteiger partial charge is 0.251 e. The van der Waals surface area contributed by atoms with Gasteiger partial charge in [-0.2, -0.15) is 5.10 Å².